The van der Waals surface area contributed by atoms with E-state index in [1.54, 1.807) is 18.2 Å². The van der Waals surface area contributed by atoms with Crippen LogP contribution in [-0.4, -0.2) is 26.7 Å². The lowest BCUT2D eigenvalue weighted by atomic mass is 10.2. The number of rotatable bonds is 4. The van der Waals surface area contributed by atoms with E-state index in [0.29, 0.717) is 5.56 Å². The normalized spacial score (nSPS) is 16.3. The van der Waals surface area contributed by atoms with Crippen molar-refractivity contribution in [3.8, 4) is 0 Å². The Morgan fingerprint density at radius 2 is 2.00 bits per heavy atom. The molecule has 2 aromatic carbocycles. The van der Waals surface area contributed by atoms with Crippen LogP contribution in [0.5, 0.6) is 0 Å². The predicted octanol–water partition coefficient (Wildman–Crippen LogP) is 2.55. The molecule has 0 aliphatic carbocycles. The number of anilines is 1. The van der Waals surface area contributed by atoms with Crippen molar-refractivity contribution in [3.63, 3.8) is 0 Å². The van der Waals surface area contributed by atoms with Crippen molar-refractivity contribution in [2.24, 2.45) is 4.99 Å². The maximum Gasteiger partial charge on any atom is 0.263 e. The molecule has 2 aromatic rings. The molecule has 3 rings (SSSR count). The molecule has 0 atom stereocenters. The van der Waals surface area contributed by atoms with Gasteiger partial charge in [0.25, 0.3) is 10.0 Å². The number of hydrogen-bond donors (Lipinski definition) is 2. The summed E-state index contributed by atoms with van der Waals surface area (Å²) in [6, 6.07) is 10.4. The number of halogens is 2. The van der Waals surface area contributed by atoms with Crippen LogP contribution in [0.1, 0.15) is 12.0 Å². The van der Waals surface area contributed by atoms with Gasteiger partial charge in [0.2, 0.25) is 5.91 Å². The van der Waals surface area contributed by atoms with Gasteiger partial charge in [-0.2, -0.15) is 0 Å². The van der Waals surface area contributed by atoms with E-state index >= 15 is 0 Å². The zero-order chi connectivity index (χ0) is 18.0. The van der Waals surface area contributed by atoms with E-state index in [4.69, 9.17) is 11.6 Å². The molecule has 25 heavy (non-hydrogen) atoms. The lowest BCUT2D eigenvalue weighted by Crippen LogP contribution is -2.23. The molecule has 0 saturated heterocycles. The van der Waals surface area contributed by atoms with Gasteiger partial charge in [0.1, 0.15) is 11.7 Å². The standard InChI is InChI=1S/C16H13ClFN3O3S/c17-10-5-6-13(12(18)9-10)20-15(22)7-8-19-16-11-3-1-2-4-14(11)25(23,24)21-16/h1-6,9H,7-8H2,(H,19,21)(H,20,22). The van der Waals surface area contributed by atoms with E-state index in [0.717, 1.165) is 6.07 Å². The van der Waals surface area contributed by atoms with Crippen molar-refractivity contribution >= 4 is 39.1 Å². The largest absolute Gasteiger partial charge is 0.324 e. The number of nitrogens with one attached hydrogen (secondary N) is 2. The minimum absolute atomic E-state index is 0.0222. The second kappa shape index (κ2) is 6.81. The minimum atomic E-state index is -3.61. The van der Waals surface area contributed by atoms with Crippen molar-refractivity contribution in [1.29, 1.82) is 0 Å². The lowest BCUT2D eigenvalue weighted by Gasteiger charge is -2.06. The van der Waals surface area contributed by atoms with E-state index in [1.807, 2.05) is 0 Å². The van der Waals surface area contributed by atoms with Crippen molar-refractivity contribution < 1.29 is 17.6 Å². The van der Waals surface area contributed by atoms with E-state index < -0.39 is 21.7 Å². The zero-order valence-electron chi connectivity index (χ0n) is 12.8. The van der Waals surface area contributed by atoms with Gasteiger partial charge in [0.05, 0.1) is 17.1 Å². The summed E-state index contributed by atoms with van der Waals surface area (Å²) in [5.74, 6) is -0.884. The maximum absolute atomic E-state index is 13.6. The molecule has 1 aliphatic heterocycles. The Bertz CT molecular complexity index is 976. The first-order valence-electron chi connectivity index (χ1n) is 7.28. The second-order valence-electron chi connectivity index (χ2n) is 5.25. The van der Waals surface area contributed by atoms with Crippen molar-refractivity contribution in [2.75, 3.05) is 11.9 Å². The Kier molecular flexibility index (Phi) is 4.73. The van der Waals surface area contributed by atoms with E-state index in [1.165, 1.54) is 18.2 Å². The van der Waals surface area contributed by atoms with E-state index in [9.17, 15) is 17.6 Å². The summed E-state index contributed by atoms with van der Waals surface area (Å²) in [6.45, 7) is 0.0488. The number of fused-ring (bicyclic) bond motifs is 1. The highest BCUT2D eigenvalue weighted by atomic mass is 35.5. The molecule has 0 spiro atoms. The Morgan fingerprint density at radius 3 is 2.76 bits per heavy atom. The fraction of sp³-hybridized carbons (Fsp3) is 0.125. The summed E-state index contributed by atoms with van der Waals surface area (Å²) < 4.78 is 39.9. The fourth-order valence-corrected chi connectivity index (χ4v) is 3.73. The zero-order valence-corrected chi connectivity index (χ0v) is 14.4. The second-order valence-corrected chi connectivity index (χ2v) is 7.34. The number of benzene rings is 2. The number of nitrogens with zero attached hydrogens (tertiary/aromatic N) is 1. The Balaban J connectivity index is 1.65. The van der Waals surface area contributed by atoms with Crippen LogP contribution in [0, 0.1) is 5.82 Å². The number of carbonyl (C=O) groups is 1. The molecule has 6 nitrogen and oxygen atoms in total. The Morgan fingerprint density at radius 1 is 1.24 bits per heavy atom. The Hall–Kier alpha value is -2.45. The van der Waals surface area contributed by atoms with E-state index in [2.05, 4.69) is 15.0 Å². The van der Waals surface area contributed by atoms with Gasteiger partial charge in [-0.15, -0.1) is 0 Å². The molecule has 2 N–H and O–H groups in total. The number of aliphatic imine (C=N–C) groups is 1. The Labute approximate surface area is 148 Å². The molecule has 1 amide bonds. The quantitative estimate of drug-likeness (QED) is 0.853. The molecule has 0 unspecified atom stereocenters. The monoisotopic (exact) mass is 381 g/mol. The van der Waals surface area contributed by atoms with Crippen LogP contribution in [0.25, 0.3) is 0 Å². The highest BCUT2D eigenvalue weighted by Gasteiger charge is 2.29. The first-order valence-corrected chi connectivity index (χ1v) is 9.14. The van der Waals surface area contributed by atoms with Gasteiger partial charge in [-0.1, -0.05) is 23.7 Å². The summed E-state index contributed by atoms with van der Waals surface area (Å²) in [4.78, 5) is 16.2. The van der Waals surface area contributed by atoms with Gasteiger partial charge in [0.15, 0.2) is 0 Å². The third-order valence-electron chi connectivity index (χ3n) is 3.48. The van der Waals surface area contributed by atoms with E-state index in [-0.39, 0.29) is 34.4 Å². The van der Waals surface area contributed by atoms with Crippen LogP contribution >= 0.6 is 11.6 Å². The average Bonchev–Trinajstić information content (AvgIpc) is 2.82. The molecule has 0 saturated carbocycles. The van der Waals surface area contributed by atoms with Crippen LogP contribution in [0.15, 0.2) is 52.4 Å². The predicted molar refractivity (Wildman–Crippen MR) is 92.8 cm³/mol. The van der Waals surface area contributed by atoms with Crippen LogP contribution in [0.3, 0.4) is 0 Å². The molecular weight excluding hydrogens is 369 g/mol. The van der Waals surface area contributed by atoms with Crippen molar-refractivity contribution in [1.82, 2.24) is 4.72 Å². The smallest absolute Gasteiger partial charge is 0.263 e. The fourth-order valence-electron chi connectivity index (χ4n) is 2.32. The highest BCUT2D eigenvalue weighted by molar-refractivity contribution is 7.90. The van der Waals surface area contributed by atoms with Gasteiger partial charge in [0, 0.05) is 17.0 Å². The SMILES string of the molecule is O=C(CCN=C1NS(=O)(=O)c2ccccc21)Nc1ccc(Cl)cc1F. The molecule has 9 heteroatoms. The molecule has 130 valence electrons. The third-order valence-corrected chi connectivity index (χ3v) is 5.11. The number of amides is 1. The number of amidine groups is 1. The summed E-state index contributed by atoms with van der Waals surface area (Å²) in [5.41, 5.74) is 0.487. The van der Waals surface area contributed by atoms with Crippen LogP contribution in [-0.2, 0) is 14.8 Å². The van der Waals surface area contributed by atoms with Crippen LogP contribution < -0.4 is 10.0 Å². The average molecular weight is 382 g/mol. The summed E-state index contributed by atoms with van der Waals surface area (Å²) in [5, 5.41) is 2.65. The summed E-state index contributed by atoms with van der Waals surface area (Å²) in [7, 11) is -3.61. The van der Waals surface area contributed by atoms with Crippen LogP contribution in [0.2, 0.25) is 5.02 Å². The van der Waals surface area contributed by atoms with Gasteiger partial charge in [-0.05, 0) is 30.3 Å². The molecule has 0 radical (unpaired) electrons. The lowest BCUT2D eigenvalue weighted by molar-refractivity contribution is -0.116. The number of carbonyl (C=O) groups excluding carboxylic acids is 1. The summed E-state index contributed by atoms with van der Waals surface area (Å²) >= 11 is 5.65. The molecular formula is C16H13ClFN3O3S. The van der Waals surface area contributed by atoms with Gasteiger partial charge in [-0.3, -0.25) is 14.5 Å². The molecule has 1 heterocycles. The number of sulfonamides is 1. The van der Waals surface area contributed by atoms with Crippen LogP contribution in [0.4, 0.5) is 10.1 Å². The van der Waals surface area contributed by atoms with Gasteiger partial charge in [-0.25, -0.2) is 12.8 Å². The van der Waals surface area contributed by atoms with Gasteiger partial charge >= 0.3 is 0 Å². The topological polar surface area (TPSA) is 87.6 Å². The van der Waals surface area contributed by atoms with Gasteiger partial charge < -0.3 is 5.32 Å². The molecule has 0 bridgehead atoms. The molecule has 1 aliphatic rings. The first-order chi connectivity index (χ1) is 11.9. The maximum atomic E-state index is 13.6. The highest BCUT2D eigenvalue weighted by Crippen LogP contribution is 2.22. The molecule has 0 aromatic heterocycles. The summed E-state index contributed by atoms with van der Waals surface area (Å²) in [6.07, 6.45) is -0.0323. The minimum Gasteiger partial charge on any atom is -0.324 e. The van der Waals surface area contributed by atoms with Crippen molar-refractivity contribution in [3.05, 3.63) is 58.9 Å². The first kappa shape index (κ1) is 17.4. The molecule has 0 fully saturated rings. The number of hydrogen-bond acceptors (Lipinski definition) is 4. The third kappa shape index (κ3) is 3.80. The van der Waals surface area contributed by atoms with Crippen molar-refractivity contribution in [2.45, 2.75) is 11.3 Å².